The Kier molecular flexibility index (Phi) is 6.85. The van der Waals surface area contributed by atoms with Crippen molar-refractivity contribution < 1.29 is 14.3 Å². The molecule has 1 amide bonds. The molecule has 3 aromatic carbocycles. The van der Waals surface area contributed by atoms with Crippen LogP contribution in [0.3, 0.4) is 0 Å². The van der Waals surface area contributed by atoms with E-state index in [1.807, 2.05) is 42.5 Å². The lowest BCUT2D eigenvalue weighted by Gasteiger charge is -2.17. The van der Waals surface area contributed by atoms with Gasteiger partial charge in [-0.3, -0.25) is 4.79 Å². The van der Waals surface area contributed by atoms with Crippen LogP contribution in [0.15, 0.2) is 91.3 Å². The second-order valence-electron chi connectivity index (χ2n) is 8.73. The molecule has 0 atom stereocenters. The molecule has 7 heteroatoms. The van der Waals surface area contributed by atoms with E-state index in [2.05, 4.69) is 46.5 Å². The van der Waals surface area contributed by atoms with Crippen LogP contribution in [-0.2, 0) is 6.42 Å². The zero-order valence-corrected chi connectivity index (χ0v) is 21.1. The molecule has 7 nitrogen and oxygen atoms in total. The summed E-state index contributed by atoms with van der Waals surface area (Å²) in [4.78, 5) is 19.5. The molecular weight excluding hydrogens is 464 g/mol. The molecule has 2 aromatic heterocycles. The second kappa shape index (κ2) is 10.5. The van der Waals surface area contributed by atoms with Crippen molar-refractivity contribution in [1.29, 1.82) is 0 Å². The van der Waals surface area contributed by atoms with Crippen molar-refractivity contribution in [1.82, 2.24) is 19.5 Å². The number of likely N-dealkylation sites (N-methyl/N-ethyl adjacent to an activating group) is 1. The number of ether oxygens (including phenoxy) is 2. The van der Waals surface area contributed by atoms with Crippen molar-refractivity contribution in [2.75, 3.05) is 27.8 Å². The van der Waals surface area contributed by atoms with Crippen molar-refractivity contribution >= 4 is 11.6 Å². The monoisotopic (exact) mass is 492 g/mol. The number of methoxy groups -OCH3 is 2. The van der Waals surface area contributed by atoms with E-state index in [1.165, 1.54) is 0 Å². The summed E-state index contributed by atoms with van der Waals surface area (Å²) >= 11 is 0. The number of benzene rings is 3. The summed E-state index contributed by atoms with van der Waals surface area (Å²) in [7, 11) is 5.01. The summed E-state index contributed by atoms with van der Waals surface area (Å²) in [6.45, 7) is 0.534. The van der Waals surface area contributed by atoms with Gasteiger partial charge in [-0.1, -0.05) is 60.7 Å². The van der Waals surface area contributed by atoms with E-state index in [0.717, 1.165) is 27.9 Å². The van der Waals surface area contributed by atoms with E-state index in [4.69, 9.17) is 9.47 Å². The summed E-state index contributed by atoms with van der Waals surface area (Å²) < 4.78 is 12.4. The Labute approximate surface area is 215 Å². The van der Waals surface area contributed by atoms with E-state index in [1.54, 1.807) is 43.1 Å². The highest BCUT2D eigenvalue weighted by Crippen LogP contribution is 2.28. The third-order valence-corrected chi connectivity index (χ3v) is 6.45. The number of fused-ring (bicyclic) bond motifs is 1. The first-order valence-electron chi connectivity index (χ1n) is 12.0. The lowest BCUT2D eigenvalue weighted by atomic mass is 10.0. The molecule has 0 radical (unpaired) electrons. The number of carbonyl (C=O) groups excluding carboxylic acids is 1. The van der Waals surface area contributed by atoms with Gasteiger partial charge in [0.2, 0.25) is 0 Å². The molecule has 0 unspecified atom stereocenters. The van der Waals surface area contributed by atoms with Crippen LogP contribution >= 0.6 is 0 Å². The maximum absolute atomic E-state index is 13.3. The highest BCUT2D eigenvalue weighted by molar-refractivity contribution is 5.99. The normalized spacial score (nSPS) is 10.9. The Morgan fingerprint density at radius 3 is 2.30 bits per heavy atom. The molecule has 0 N–H and O–H groups in total. The maximum Gasteiger partial charge on any atom is 0.259 e. The van der Waals surface area contributed by atoms with E-state index < -0.39 is 0 Å². The zero-order valence-electron chi connectivity index (χ0n) is 21.1. The van der Waals surface area contributed by atoms with Gasteiger partial charge in [-0.2, -0.15) is 5.10 Å². The summed E-state index contributed by atoms with van der Waals surface area (Å²) in [5.74, 6) is 1.23. The van der Waals surface area contributed by atoms with Crippen molar-refractivity contribution in [3.05, 3.63) is 102 Å². The molecule has 0 aliphatic heterocycles. The average Bonchev–Trinajstić information content (AvgIpc) is 3.40. The third-order valence-electron chi connectivity index (χ3n) is 6.45. The number of nitrogens with zero attached hydrogens (tertiary/aromatic N) is 4. The van der Waals surface area contributed by atoms with Crippen LogP contribution < -0.4 is 9.47 Å². The Morgan fingerprint density at radius 1 is 0.865 bits per heavy atom. The average molecular weight is 493 g/mol. The molecule has 186 valence electrons. The lowest BCUT2D eigenvalue weighted by molar-refractivity contribution is 0.0798. The van der Waals surface area contributed by atoms with Crippen LogP contribution in [-0.4, -0.2) is 53.2 Å². The predicted molar refractivity (Wildman–Crippen MR) is 144 cm³/mol. The third kappa shape index (κ3) is 4.89. The van der Waals surface area contributed by atoms with Gasteiger partial charge >= 0.3 is 0 Å². The number of rotatable bonds is 8. The number of aromatic nitrogens is 3. The molecule has 5 rings (SSSR count). The van der Waals surface area contributed by atoms with Crippen molar-refractivity contribution in [2.24, 2.45) is 0 Å². The minimum atomic E-state index is -0.125. The molecule has 37 heavy (non-hydrogen) atoms. The number of carbonyl (C=O) groups is 1. The molecule has 0 spiro atoms. The molecule has 0 fully saturated rings. The van der Waals surface area contributed by atoms with Gasteiger partial charge < -0.3 is 14.4 Å². The van der Waals surface area contributed by atoms with Crippen LogP contribution in [0.4, 0.5) is 0 Å². The van der Waals surface area contributed by atoms with E-state index in [0.29, 0.717) is 35.7 Å². The number of hydrogen-bond acceptors (Lipinski definition) is 5. The van der Waals surface area contributed by atoms with E-state index >= 15 is 0 Å². The van der Waals surface area contributed by atoms with Crippen LogP contribution in [0, 0.1) is 0 Å². The van der Waals surface area contributed by atoms with Crippen molar-refractivity contribution in [3.8, 4) is 33.9 Å². The van der Waals surface area contributed by atoms with Gasteiger partial charge in [-0.05, 0) is 41.3 Å². The molecule has 0 saturated carbocycles. The highest BCUT2D eigenvalue weighted by atomic mass is 16.5. The molecular formula is C30H28N4O3. The maximum atomic E-state index is 13.3. The largest absolute Gasteiger partial charge is 0.493 e. The van der Waals surface area contributed by atoms with Gasteiger partial charge in [-0.15, -0.1) is 0 Å². The minimum Gasteiger partial charge on any atom is -0.493 e. The summed E-state index contributed by atoms with van der Waals surface area (Å²) in [6.07, 6.45) is 3.99. The van der Waals surface area contributed by atoms with Gasteiger partial charge in [0.15, 0.2) is 17.1 Å². The SMILES string of the molecule is COc1ccc(CCN(C)C(=O)c2cnn3c(-c4ccc(-c5ccccc5)cc4)ccnc23)cc1OC. The lowest BCUT2D eigenvalue weighted by Crippen LogP contribution is -2.28. The highest BCUT2D eigenvalue weighted by Gasteiger charge is 2.20. The van der Waals surface area contributed by atoms with Gasteiger partial charge in [0.1, 0.15) is 5.56 Å². The van der Waals surface area contributed by atoms with Gasteiger partial charge in [-0.25, -0.2) is 9.50 Å². The first kappa shape index (κ1) is 24.1. The Morgan fingerprint density at radius 2 is 1.57 bits per heavy atom. The van der Waals surface area contributed by atoms with Crippen molar-refractivity contribution in [3.63, 3.8) is 0 Å². The van der Waals surface area contributed by atoms with Crippen LogP contribution in [0.1, 0.15) is 15.9 Å². The van der Waals surface area contributed by atoms with Crippen molar-refractivity contribution in [2.45, 2.75) is 6.42 Å². The summed E-state index contributed by atoms with van der Waals surface area (Å²) in [5.41, 5.74) is 6.23. The first-order chi connectivity index (χ1) is 18.1. The first-order valence-corrected chi connectivity index (χ1v) is 12.0. The zero-order chi connectivity index (χ0) is 25.8. The minimum absolute atomic E-state index is 0.125. The number of amides is 1. The predicted octanol–water partition coefficient (Wildman–Crippen LogP) is 5.40. The van der Waals surface area contributed by atoms with Crippen LogP contribution in [0.5, 0.6) is 11.5 Å². The molecule has 0 aliphatic carbocycles. The molecule has 0 saturated heterocycles. The fourth-order valence-corrected chi connectivity index (χ4v) is 4.37. The standard InChI is InChI=1S/C30H28N4O3/c1-33(18-16-21-9-14-27(36-2)28(19-21)37-3)30(35)25-20-32-34-26(15-17-31-29(25)34)24-12-10-23(11-13-24)22-7-5-4-6-8-22/h4-15,17,19-20H,16,18H2,1-3H3. The quantitative estimate of drug-likeness (QED) is 0.290. The van der Waals surface area contributed by atoms with Crippen LogP contribution in [0.25, 0.3) is 28.0 Å². The second-order valence-corrected chi connectivity index (χ2v) is 8.73. The smallest absolute Gasteiger partial charge is 0.259 e. The Hall–Kier alpha value is -4.65. The van der Waals surface area contributed by atoms with Gasteiger partial charge in [0, 0.05) is 25.4 Å². The van der Waals surface area contributed by atoms with E-state index in [-0.39, 0.29) is 5.91 Å². The molecule has 5 aromatic rings. The fourth-order valence-electron chi connectivity index (χ4n) is 4.37. The summed E-state index contributed by atoms with van der Waals surface area (Å²) in [6, 6.07) is 26.3. The molecule has 0 aliphatic rings. The Bertz CT molecular complexity index is 1530. The molecule has 2 heterocycles. The van der Waals surface area contributed by atoms with Gasteiger partial charge in [0.05, 0.1) is 26.1 Å². The van der Waals surface area contributed by atoms with Gasteiger partial charge in [0.25, 0.3) is 5.91 Å². The topological polar surface area (TPSA) is 69.0 Å². The van der Waals surface area contributed by atoms with Crippen LogP contribution in [0.2, 0.25) is 0 Å². The molecule has 0 bridgehead atoms. The summed E-state index contributed by atoms with van der Waals surface area (Å²) in [5, 5.41) is 4.52. The van der Waals surface area contributed by atoms with E-state index in [9.17, 15) is 4.79 Å². The fraction of sp³-hybridized carbons (Fsp3) is 0.167. The number of hydrogen-bond donors (Lipinski definition) is 0. The Balaban J connectivity index is 1.34.